The van der Waals surface area contributed by atoms with Gasteiger partial charge >= 0.3 is 0 Å². The van der Waals surface area contributed by atoms with Gasteiger partial charge in [0.15, 0.2) is 0 Å². The molecular formula is C24H36O2. The van der Waals surface area contributed by atoms with Gasteiger partial charge in [-0.1, -0.05) is 13.8 Å². The Kier molecular flexibility index (Phi) is 3.65. The number of carbonyl (C=O) groups excluding carboxylic acids is 2. The average molecular weight is 357 g/mol. The van der Waals surface area contributed by atoms with Crippen molar-refractivity contribution in [1.82, 2.24) is 0 Å². The minimum Gasteiger partial charge on any atom is -0.303 e. The summed E-state index contributed by atoms with van der Waals surface area (Å²) < 4.78 is 0. The molecule has 8 bridgehead atoms. The molecule has 8 saturated carbocycles. The molecule has 0 amide bonds. The first-order valence-electron chi connectivity index (χ1n) is 11.2. The quantitative estimate of drug-likeness (QED) is 0.605. The third-order valence-corrected chi connectivity index (χ3v) is 9.30. The summed E-state index contributed by atoms with van der Waals surface area (Å²) in [5.74, 6) is 3.54. The van der Waals surface area contributed by atoms with Crippen molar-refractivity contribution in [3.63, 3.8) is 0 Å². The van der Waals surface area contributed by atoms with Gasteiger partial charge in [-0.15, -0.1) is 0 Å². The van der Waals surface area contributed by atoms with E-state index >= 15 is 0 Å². The van der Waals surface area contributed by atoms with Crippen molar-refractivity contribution in [2.75, 3.05) is 0 Å². The summed E-state index contributed by atoms with van der Waals surface area (Å²) >= 11 is 0. The first-order chi connectivity index (χ1) is 12.3. The standard InChI is InChI=1S/C12H16O2.C12H20/c13-7-11-2-9-1-10(4-11)5-12(3-9,6-11)8-14;1-11-4-9-3-10(5-11)7-12(2,6-9)8-11/h7-10H,1-6H2;9-10H,3-8H2,1-2H3. The molecule has 2 nitrogen and oxygen atoms in total. The van der Waals surface area contributed by atoms with Gasteiger partial charge in [0.25, 0.3) is 0 Å². The average Bonchev–Trinajstić information content (AvgIpc) is 2.51. The first-order valence-corrected chi connectivity index (χ1v) is 11.2. The lowest BCUT2D eigenvalue weighted by molar-refractivity contribution is -0.149. The Hall–Kier alpha value is -0.660. The van der Waals surface area contributed by atoms with Gasteiger partial charge in [0.2, 0.25) is 0 Å². The van der Waals surface area contributed by atoms with Crippen LogP contribution < -0.4 is 0 Å². The molecule has 8 rings (SSSR count). The Morgan fingerprint density at radius 2 is 0.923 bits per heavy atom. The molecule has 8 aliphatic rings. The van der Waals surface area contributed by atoms with Gasteiger partial charge in [-0.3, -0.25) is 0 Å². The predicted octanol–water partition coefficient (Wildman–Crippen LogP) is 5.58. The van der Waals surface area contributed by atoms with Crippen LogP contribution in [0.3, 0.4) is 0 Å². The van der Waals surface area contributed by atoms with Crippen LogP contribution in [-0.4, -0.2) is 12.6 Å². The van der Waals surface area contributed by atoms with Crippen molar-refractivity contribution in [2.45, 2.75) is 90.9 Å². The van der Waals surface area contributed by atoms with Crippen LogP contribution in [0.15, 0.2) is 0 Å². The highest BCUT2D eigenvalue weighted by Crippen LogP contribution is 2.65. The van der Waals surface area contributed by atoms with Crippen molar-refractivity contribution >= 4 is 12.6 Å². The van der Waals surface area contributed by atoms with E-state index in [0.717, 1.165) is 67.3 Å². The molecular weight excluding hydrogens is 320 g/mol. The lowest BCUT2D eigenvalue weighted by Crippen LogP contribution is -2.53. The molecule has 0 atom stereocenters. The molecule has 0 saturated heterocycles. The Morgan fingerprint density at radius 3 is 1.23 bits per heavy atom. The van der Waals surface area contributed by atoms with Crippen LogP contribution in [0.5, 0.6) is 0 Å². The van der Waals surface area contributed by atoms with Gasteiger partial charge < -0.3 is 9.59 Å². The Bertz CT molecular complexity index is 546. The molecule has 0 aromatic rings. The fourth-order valence-electron chi connectivity index (χ4n) is 9.90. The van der Waals surface area contributed by atoms with Crippen molar-refractivity contribution in [3.05, 3.63) is 0 Å². The van der Waals surface area contributed by atoms with E-state index in [2.05, 4.69) is 13.8 Å². The van der Waals surface area contributed by atoms with Crippen molar-refractivity contribution in [3.8, 4) is 0 Å². The lowest BCUT2D eigenvalue weighted by atomic mass is 9.45. The largest absolute Gasteiger partial charge is 0.303 e. The number of aldehydes is 2. The summed E-state index contributed by atoms with van der Waals surface area (Å²) in [6.07, 6.45) is 18.0. The summed E-state index contributed by atoms with van der Waals surface area (Å²) in [5.41, 5.74) is 1.31. The van der Waals surface area contributed by atoms with Gasteiger partial charge in [-0.05, 0) is 112 Å². The van der Waals surface area contributed by atoms with Crippen LogP contribution >= 0.6 is 0 Å². The van der Waals surface area contributed by atoms with Gasteiger partial charge in [0.1, 0.15) is 12.6 Å². The molecule has 0 heterocycles. The molecule has 0 N–H and O–H groups in total. The molecule has 0 aromatic heterocycles. The second-order valence-corrected chi connectivity index (χ2v) is 12.5. The monoisotopic (exact) mass is 356 g/mol. The number of hydrogen-bond donors (Lipinski definition) is 0. The number of hydrogen-bond acceptors (Lipinski definition) is 2. The molecule has 0 unspecified atom stereocenters. The predicted molar refractivity (Wildman–Crippen MR) is 103 cm³/mol. The van der Waals surface area contributed by atoms with Crippen molar-refractivity contribution in [2.24, 2.45) is 45.3 Å². The van der Waals surface area contributed by atoms with E-state index in [1.807, 2.05) is 0 Å². The Labute approximate surface area is 158 Å². The highest BCUT2D eigenvalue weighted by Gasteiger charge is 2.57. The lowest BCUT2D eigenvalue weighted by Gasteiger charge is -2.60. The number of rotatable bonds is 2. The van der Waals surface area contributed by atoms with Crippen molar-refractivity contribution < 1.29 is 9.59 Å². The summed E-state index contributed by atoms with van der Waals surface area (Å²) in [6.45, 7) is 5.09. The molecule has 0 aromatic carbocycles. The molecule has 144 valence electrons. The summed E-state index contributed by atoms with van der Waals surface area (Å²) in [4.78, 5) is 22.4. The molecule has 8 fully saturated rings. The zero-order valence-electron chi connectivity index (χ0n) is 16.8. The fraction of sp³-hybridized carbons (Fsp3) is 0.917. The van der Waals surface area contributed by atoms with Crippen molar-refractivity contribution in [1.29, 1.82) is 0 Å². The van der Waals surface area contributed by atoms with Gasteiger partial charge in [0.05, 0.1) is 0 Å². The fourth-order valence-corrected chi connectivity index (χ4v) is 9.90. The van der Waals surface area contributed by atoms with E-state index in [9.17, 15) is 9.59 Å². The smallest absolute Gasteiger partial charge is 0.126 e. The Morgan fingerprint density at radius 1 is 0.577 bits per heavy atom. The third-order valence-electron chi connectivity index (χ3n) is 9.30. The maximum atomic E-state index is 11.2. The van der Waals surface area contributed by atoms with Crippen LogP contribution in [0.1, 0.15) is 90.9 Å². The van der Waals surface area contributed by atoms with E-state index in [1.165, 1.54) is 12.8 Å². The van der Waals surface area contributed by atoms with E-state index in [1.54, 1.807) is 32.1 Å². The third kappa shape index (κ3) is 2.73. The molecule has 8 aliphatic carbocycles. The maximum absolute atomic E-state index is 11.2. The molecule has 0 radical (unpaired) electrons. The maximum Gasteiger partial charge on any atom is 0.126 e. The highest BCUT2D eigenvalue weighted by molar-refractivity contribution is 5.67. The van der Waals surface area contributed by atoms with E-state index < -0.39 is 0 Å². The molecule has 26 heavy (non-hydrogen) atoms. The second-order valence-electron chi connectivity index (χ2n) is 12.5. The summed E-state index contributed by atoms with van der Waals surface area (Å²) in [6, 6.07) is 0. The zero-order chi connectivity index (χ0) is 18.2. The van der Waals surface area contributed by atoms with E-state index in [0.29, 0.717) is 11.8 Å². The normalized spacial score (nSPS) is 58.2. The first kappa shape index (κ1) is 17.4. The molecule has 0 aliphatic heterocycles. The molecule has 2 heteroatoms. The van der Waals surface area contributed by atoms with Gasteiger partial charge in [-0.25, -0.2) is 0 Å². The Balaban J connectivity index is 0.000000117. The zero-order valence-corrected chi connectivity index (χ0v) is 16.8. The second kappa shape index (κ2) is 5.45. The van der Waals surface area contributed by atoms with Gasteiger partial charge in [-0.2, -0.15) is 0 Å². The van der Waals surface area contributed by atoms with E-state index in [-0.39, 0.29) is 10.8 Å². The SMILES string of the molecule is CC12CC3CC(C1)CC(C)(C3)C2.O=CC12CC3CC(C1)CC(C=O)(C3)C2. The topological polar surface area (TPSA) is 34.1 Å². The van der Waals surface area contributed by atoms with Crippen LogP contribution in [0, 0.1) is 45.3 Å². The molecule has 0 spiro atoms. The van der Waals surface area contributed by atoms with E-state index in [4.69, 9.17) is 0 Å². The van der Waals surface area contributed by atoms with Crippen LogP contribution in [-0.2, 0) is 9.59 Å². The van der Waals surface area contributed by atoms with Crippen LogP contribution in [0.4, 0.5) is 0 Å². The van der Waals surface area contributed by atoms with Gasteiger partial charge in [0, 0.05) is 10.8 Å². The minimum absolute atomic E-state index is 0.106. The highest BCUT2D eigenvalue weighted by atomic mass is 16.1. The summed E-state index contributed by atoms with van der Waals surface area (Å²) in [7, 11) is 0. The number of carbonyl (C=O) groups is 2. The van der Waals surface area contributed by atoms with Crippen LogP contribution in [0.25, 0.3) is 0 Å². The summed E-state index contributed by atoms with van der Waals surface area (Å²) in [5, 5.41) is 0. The van der Waals surface area contributed by atoms with Crippen LogP contribution in [0.2, 0.25) is 0 Å². The minimum atomic E-state index is -0.106.